The predicted molar refractivity (Wildman–Crippen MR) is 78.9 cm³/mol. The van der Waals surface area contributed by atoms with E-state index in [0.29, 0.717) is 12.4 Å². The number of anilines is 2. The van der Waals surface area contributed by atoms with E-state index in [1.165, 1.54) is 0 Å². The Hall–Kier alpha value is -2.23. The van der Waals surface area contributed by atoms with E-state index in [2.05, 4.69) is 27.3 Å². The summed E-state index contributed by atoms with van der Waals surface area (Å²) in [6, 6.07) is 14.0. The number of para-hydroxylation sites is 2. The van der Waals surface area contributed by atoms with E-state index >= 15 is 0 Å². The molecular weight excluding hydrogens is 238 g/mol. The van der Waals surface area contributed by atoms with Crippen molar-refractivity contribution in [3.05, 3.63) is 48.2 Å². The summed E-state index contributed by atoms with van der Waals surface area (Å²) in [5.74, 6) is 0.639. The van der Waals surface area contributed by atoms with Crippen molar-refractivity contribution in [2.45, 2.75) is 6.54 Å². The molecule has 0 spiro atoms. The summed E-state index contributed by atoms with van der Waals surface area (Å²) in [5.41, 5.74) is 3.20. The molecule has 19 heavy (non-hydrogen) atoms. The second kappa shape index (κ2) is 6.09. The van der Waals surface area contributed by atoms with Crippen LogP contribution in [0.1, 0.15) is 5.69 Å². The van der Waals surface area contributed by atoms with Crippen molar-refractivity contribution < 1.29 is 4.74 Å². The second-order valence-electron chi connectivity index (χ2n) is 4.44. The zero-order valence-electron chi connectivity index (χ0n) is 11.6. The molecule has 0 aliphatic carbocycles. The van der Waals surface area contributed by atoms with Crippen LogP contribution < -0.4 is 15.0 Å². The summed E-state index contributed by atoms with van der Waals surface area (Å²) in [6.07, 6.45) is 0. The lowest BCUT2D eigenvalue weighted by Gasteiger charge is -2.18. The molecule has 1 aromatic heterocycles. The zero-order chi connectivity index (χ0) is 13.7. The second-order valence-corrected chi connectivity index (χ2v) is 4.44. The molecule has 100 valence electrons. The molecule has 0 fully saturated rings. The lowest BCUT2D eigenvalue weighted by atomic mass is 10.2. The van der Waals surface area contributed by atoms with E-state index < -0.39 is 0 Å². The Bertz CT molecular complexity index is 540. The molecule has 0 aliphatic heterocycles. The van der Waals surface area contributed by atoms with Gasteiger partial charge in [0, 0.05) is 20.2 Å². The standard InChI is InChI=1S/C15H19N3O/c1-18(2)14-9-5-4-8-13(14)16-11-12-7-6-10-15(17-12)19-3/h4-10,16H,11H2,1-3H3. The van der Waals surface area contributed by atoms with Gasteiger partial charge in [-0.15, -0.1) is 0 Å². The van der Waals surface area contributed by atoms with Crippen molar-refractivity contribution in [1.82, 2.24) is 4.98 Å². The van der Waals surface area contributed by atoms with Gasteiger partial charge in [0.25, 0.3) is 0 Å². The summed E-state index contributed by atoms with van der Waals surface area (Å²) in [5, 5.41) is 3.40. The van der Waals surface area contributed by atoms with Gasteiger partial charge in [-0.2, -0.15) is 0 Å². The van der Waals surface area contributed by atoms with Crippen LogP contribution in [-0.2, 0) is 6.54 Å². The van der Waals surface area contributed by atoms with Crippen molar-refractivity contribution in [2.24, 2.45) is 0 Å². The SMILES string of the molecule is COc1cccc(CNc2ccccc2N(C)C)n1. The number of ether oxygens (including phenoxy) is 1. The van der Waals surface area contributed by atoms with Gasteiger partial charge in [-0.25, -0.2) is 4.98 Å². The fourth-order valence-electron chi connectivity index (χ4n) is 1.87. The molecule has 0 saturated heterocycles. The third kappa shape index (κ3) is 3.37. The Kier molecular flexibility index (Phi) is 4.23. The normalized spacial score (nSPS) is 10.1. The molecule has 0 amide bonds. The van der Waals surface area contributed by atoms with Gasteiger partial charge in [0.1, 0.15) is 0 Å². The highest BCUT2D eigenvalue weighted by molar-refractivity contribution is 5.69. The van der Waals surface area contributed by atoms with Gasteiger partial charge >= 0.3 is 0 Å². The van der Waals surface area contributed by atoms with Crippen molar-refractivity contribution in [2.75, 3.05) is 31.4 Å². The summed E-state index contributed by atoms with van der Waals surface area (Å²) in [7, 11) is 5.69. The number of nitrogens with zero attached hydrogens (tertiary/aromatic N) is 2. The van der Waals surface area contributed by atoms with E-state index in [9.17, 15) is 0 Å². The van der Waals surface area contributed by atoms with Crippen molar-refractivity contribution in [3.8, 4) is 5.88 Å². The molecular formula is C15H19N3O. The fourth-order valence-corrected chi connectivity index (χ4v) is 1.87. The maximum atomic E-state index is 5.12. The highest BCUT2D eigenvalue weighted by Gasteiger charge is 2.03. The van der Waals surface area contributed by atoms with Crippen LogP contribution in [0, 0.1) is 0 Å². The molecule has 0 unspecified atom stereocenters. The predicted octanol–water partition coefficient (Wildman–Crippen LogP) is 2.77. The largest absolute Gasteiger partial charge is 0.481 e. The Morgan fingerprint density at radius 3 is 2.63 bits per heavy atom. The average Bonchev–Trinajstić information content (AvgIpc) is 2.45. The first-order chi connectivity index (χ1) is 9.20. The first-order valence-electron chi connectivity index (χ1n) is 6.21. The smallest absolute Gasteiger partial charge is 0.213 e. The molecule has 1 heterocycles. The van der Waals surface area contributed by atoms with Gasteiger partial charge in [0.05, 0.1) is 30.7 Å². The summed E-state index contributed by atoms with van der Waals surface area (Å²) in [6.45, 7) is 0.669. The molecule has 2 rings (SSSR count). The van der Waals surface area contributed by atoms with Gasteiger partial charge in [0.15, 0.2) is 0 Å². The van der Waals surface area contributed by atoms with E-state index in [1.54, 1.807) is 7.11 Å². The van der Waals surface area contributed by atoms with Gasteiger partial charge in [-0.1, -0.05) is 18.2 Å². The molecule has 0 bridgehead atoms. The molecule has 0 atom stereocenters. The summed E-state index contributed by atoms with van der Waals surface area (Å²) < 4.78 is 5.12. The number of aromatic nitrogens is 1. The van der Waals surface area contributed by atoms with Crippen LogP contribution in [-0.4, -0.2) is 26.2 Å². The molecule has 0 aliphatic rings. The van der Waals surface area contributed by atoms with Crippen molar-refractivity contribution in [3.63, 3.8) is 0 Å². The summed E-state index contributed by atoms with van der Waals surface area (Å²) >= 11 is 0. The number of rotatable bonds is 5. The van der Waals surface area contributed by atoms with Crippen LogP contribution >= 0.6 is 0 Å². The number of hydrogen-bond acceptors (Lipinski definition) is 4. The van der Waals surface area contributed by atoms with Crippen LogP contribution in [0.15, 0.2) is 42.5 Å². The maximum Gasteiger partial charge on any atom is 0.213 e. The fraction of sp³-hybridized carbons (Fsp3) is 0.267. The lowest BCUT2D eigenvalue weighted by Crippen LogP contribution is -2.12. The number of benzene rings is 1. The Labute approximate surface area is 114 Å². The zero-order valence-corrected chi connectivity index (χ0v) is 11.6. The van der Waals surface area contributed by atoms with Crippen LogP contribution in [0.2, 0.25) is 0 Å². The van der Waals surface area contributed by atoms with Crippen LogP contribution in [0.4, 0.5) is 11.4 Å². The van der Waals surface area contributed by atoms with Gasteiger partial charge < -0.3 is 15.0 Å². The molecule has 0 radical (unpaired) electrons. The first kappa shape index (κ1) is 13.2. The van der Waals surface area contributed by atoms with Crippen molar-refractivity contribution in [1.29, 1.82) is 0 Å². The number of hydrogen-bond donors (Lipinski definition) is 1. The van der Waals surface area contributed by atoms with Gasteiger partial charge in [-0.3, -0.25) is 0 Å². The average molecular weight is 257 g/mol. The van der Waals surface area contributed by atoms with Crippen molar-refractivity contribution >= 4 is 11.4 Å². The van der Waals surface area contributed by atoms with Crippen LogP contribution in [0.3, 0.4) is 0 Å². The molecule has 2 aromatic rings. The highest BCUT2D eigenvalue weighted by atomic mass is 16.5. The van der Waals surface area contributed by atoms with Gasteiger partial charge in [0.2, 0.25) is 5.88 Å². The molecule has 4 heteroatoms. The molecule has 0 saturated carbocycles. The quantitative estimate of drug-likeness (QED) is 0.893. The van der Waals surface area contributed by atoms with E-state index in [-0.39, 0.29) is 0 Å². The Morgan fingerprint density at radius 2 is 1.89 bits per heavy atom. The van der Waals surface area contributed by atoms with Crippen LogP contribution in [0.25, 0.3) is 0 Å². The monoisotopic (exact) mass is 257 g/mol. The number of methoxy groups -OCH3 is 1. The van der Waals surface area contributed by atoms with Gasteiger partial charge in [-0.05, 0) is 18.2 Å². The van der Waals surface area contributed by atoms with E-state index in [0.717, 1.165) is 17.1 Å². The third-order valence-electron chi connectivity index (χ3n) is 2.84. The molecule has 4 nitrogen and oxygen atoms in total. The first-order valence-corrected chi connectivity index (χ1v) is 6.21. The maximum absolute atomic E-state index is 5.12. The Morgan fingerprint density at radius 1 is 1.11 bits per heavy atom. The minimum absolute atomic E-state index is 0.639. The Balaban J connectivity index is 2.10. The minimum atomic E-state index is 0.639. The number of pyridine rings is 1. The third-order valence-corrected chi connectivity index (χ3v) is 2.84. The highest BCUT2D eigenvalue weighted by Crippen LogP contribution is 2.23. The van der Waals surface area contributed by atoms with E-state index in [4.69, 9.17) is 4.74 Å². The van der Waals surface area contributed by atoms with E-state index in [1.807, 2.05) is 44.4 Å². The minimum Gasteiger partial charge on any atom is -0.481 e. The number of nitrogens with one attached hydrogen (secondary N) is 1. The molecule has 1 N–H and O–H groups in total. The lowest BCUT2D eigenvalue weighted by molar-refractivity contribution is 0.396. The van der Waals surface area contributed by atoms with Crippen LogP contribution in [0.5, 0.6) is 5.88 Å². The topological polar surface area (TPSA) is 37.4 Å². The molecule has 1 aromatic carbocycles. The summed E-state index contributed by atoms with van der Waals surface area (Å²) in [4.78, 5) is 6.47.